The molecule has 6 heteroatoms. The smallest absolute Gasteiger partial charge is 0.256 e. The Morgan fingerprint density at radius 2 is 1.93 bits per heavy atom. The minimum atomic E-state index is -0.0173. The molecule has 1 aliphatic rings. The lowest BCUT2D eigenvalue weighted by molar-refractivity contribution is 0.0733. The van der Waals surface area contributed by atoms with Crippen LogP contribution in [0.1, 0.15) is 46.2 Å². The molecule has 0 aliphatic carbocycles. The summed E-state index contributed by atoms with van der Waals surface area (Å²) in [6.45, 7) is 4.71. The summed E-state index contributed by atoms with van der Waals surface area (Å²) in [6, 6.07) is 13.6. The van der Waals surface area contributed by atoms with Crippen LogP contribution in [0.2, 0.25) is 0 Å². The van der Waals surface area contributed by atoms with Crippen molar-refractivity contribution in [2.24, 2.45) is 0 Å². The first kappa shape index (κ1) is 20.0. The molecular weight excluding hydrogens is 378 g/mol. The van der Waals surface area contributed by atoms with Crippen molar-refractivity contribution in [2.45, 2.75) is 32.7 Å². The number of carbonyl (C=O) groups is 1. The molecule has 1 aliphatic heterocycles. The number of ether oxygens (including phenoxy) is 2. The lowest BCUT2D eigenvalue weighted by atomic mass is 10.0. The Morgan fingerprint density at radius 1 is 1.10 bits per heavy atom. The van der Waals surface area contributed by atoms with Gasteiger partial charge in [-0.1, -0.05) is 6.07 Å². The number of aryl methyl sites for hydroxylation is 1. The molecule has 1 amide bonds. The van der Waals surface area contributed by atoms with E-state index in [-0.39, 0.29) is 11.9 Å². The molecule has 0 spiro atoms. The van der Waals surface area contributed by atoms with Crippen molar-refractivity contribution in [1.29, 1.82) is 0 Å². The van der Waals surface area contributed by atoms with E-state index < -0.39 is 0 Å². The van der Waals surface area contributed by atoms with Gasteiger partial charge in [0.25, 0.3) is 5.91 Å². The molecule has 1 aromatic carbocycles. The highest BCUT2D eigenvalue weighted by Crippen LogP contribution is 2.39. The van der Waals surface area contributed by atoms with Crippen LogP contribution in [-0.4, -0.2) is 41.1 Å². The Labute approximate surface area is 177 Å². The largest absolute Gasteiger partial charge is 0.497 e. The number of methoxy groups -OCH3 is 2. The summed E-state index contributed by atoms with van der Waals surface area (Å²) in [7, 11) is 3.29. The summed E-state index contributed by atoms with van der Waals surface area (Å²) in [6.07, 6.45) is 3.64. The lowest BCUT2D eigenvalue weighted by Crippen LogP contribution is -2.31. The van der Waals surface area contributed by atoms with Gasteiger partial charge in [0.15, 0.2) is 0 Å². The van der Waals surface area contributed by atoms with E-state index in [9.17, 15) is 4.79 Å². The van der Waals surface area contributed by atoms with Gasteiger partial charge in [0.1, 0.15) is 17.3 Å². The van der Waals surface area contributed by atoms with Crippen molar-refractivity contribution in [3.8, 4) is 17.3 Å². The third kappa shape index (κ3) is 3.43. The highest BCUT2D eigenvalue weighted by molar-refractivity contribution is 5.96. The molecule has 0 N–H and O–H groups in total. The van der Waals surface area contributed by atoms with E-state index in [4.69, 9.17) is 9.47 Å². The average Bonchev–Trinajstić information content (AvgIpc) is 3.37. The highest BCUT2D eigenvalue weighted by Gasteiger charge is 2.34. The van der Waals surface area contributed by atoms with E-state index in [0.717, 1.165) is 59.2 Å². The fourth-order valence-corrected chi connectivity index (χ4v) is 4.40. The number of pyridine rings is 1. The number of carbonyl (C=O) groups excluding carboxylic acids is 1. The molecule has 0 saturated carbocycles. The summed E-state index contributed by atoms with van der Waals surface area (Å²) >= 11 is 0. The van der Waals surface area contributed by atoms with Crippen LogP contribution in [0.4, 0.5) is 0 Å². The molecule has 0 bridgehead atoms. The molecule has 1 fully saturated rings. The van der Waals surface area contributed by atoms with Gasteiger partial charge in [-0.3, -0.25) is 4.79 Å². The van der Waals surface area contributed by atoms with E-state index in [1.54, 1.807) is 20.4 Å². The Balaban J connectivity index is 1.69. The third-order valence-electron chi connectivity index (χ3n) is 5.85. The zero-order valence-corrected chi connectivity index (χ0v) is 17.9. The number of likely N-dealkylation sites (tertiary alicyclic amines) is 1. The van der Waals surface area contributed by atoms with Gasteiger partial charge < -0.3 is 18.9 Å². The summed E-state index contributed by atoms with van der Waals surface area (Å²) in [5.41, 5.74) is 3.64. The maximum absolute atomic E-state index is 13.6. The Bertz CT molecular complexity index is 1060. The van der Waals surface area contributed by atoms with Gasteiger partial charge >= 0.3 is 0 Å². The number of amides is 1. The molecule has 156 valence electrons. The molecule has 3 heterocycles. The zero-order valence-electron chi connectivity index (χ0n) is 17.9. The predicted molar refractivity (Wildman–Crippen MR) is 116 cm³/mol. The highest BCUT2D eigenvalue weighted by atomic mass is 16.5. The fourth-order valence-electron chi connectivity index (χ4n) is 4.40. The molecule has 1 saturated heterocycles. The van der Waals surface area contributed by atoms with Crippen LogP contribution in [0.5, 0.6) is 11.5 Å². The molecule has 30 heavy (non-hydrogen) atoms. The molecule has 0 radical (unpaired) electrons. The van der Waals surface area contributed by atoms with Crippen LogP contribution in [0, 0.1) is 13.8 Å². The first-order chi connectivity index (χ1) is 14.5. The second kappa shape index (κ2) is 8.22. The minimum Gasteiger partial charge on any atom is -0.497 e. The normalized spacial score (nSPS) is 16.0. The molecule has 3 aromatic rings. The SMILES string of the molecule is COc1ccc(C2CCCN2C(=O)c2cc(C)n(-c3ccccn3)c2C)c(OC)c1. The molecular formula is C24H27N3O3. The van der Waals surface area contributed by atoms with Crippen molar-refractivity contribution >= 4 is 5.91 Å². The van der Waals surface area contributed by atoms with Crippen molar-refractivity contribution in [1.82, 2.24) is 14.5 Å². The van der Waals surface area contributed by atoms with E-state index in [1.807, 2.05) is 65.8 Å². The number of hydrogen-bond donors (Lipinski definition) is 0. The van der Waals surface area contributed by atoms with Crippen LogP contribution in [0.3, 0.4) is 0 Å². The summed E-state index contributed by atoms with van der Waals surface area (Å²) < 4.78 is 13.0. The second-order valence-electron chi connectivity index (χ2n) is 7.57. The molecule has 1 atom stereocenters. The number of aromatic nitrogens is 2. The maximum Gasteiger partial charge on any atom is 0.256 e. The van der Waals surface area contributed by atoms with Gasteiger partial charge in [-0.25, -0.2) is 4.98 Å². The van der Waals surface area contributed by atoms with Crippen molar-refractivity contribution in [3.63, 3.8) is 0 Å². The quantitative estimate of drug-likeness (QED) is 0.628. The number of nitrogens with zero attached hydrogens (tertiary/aromatic N) is 3. The van der Waals surface area contributed by atoms with Gasteiger partial charge in [-0.2, -0.15) is 0 Å². The zero-order chi connectivity index (χ0) is 21.3. The Kier molecular flexibility index (Phi) is 5.48. The first-order valence-electron chi connectivity index (χ1n) is 10.2. The van der Waals surface area contributed by atoms with Crippen LogP contribution < -0.4 is 9.47 Å². The van der Waals surface area contributed by atoms with Crippen LogP contribution in [0.25, 0.3) is 5.82 Å². The van der Waals surface area contributed by atoms with Gasteiger partial charge in [-0.05, 0) is 57.0 Å². The van der Waals surface area contributed by atoms with E-state index in [1.165, 1.54) is 0 Å². The van der Waals surface area contributed by atoms with Crippen LogP contribution in [-0.2, 0) is 0 Å². The molecule has 6 nitrogen and oxygen atoms in total. The van der Waals surface area contributed by atoms with E-state index >= 15 is 0 Å². The minimum absolute atomic E-state index is 0.0173. The monoisotopic (exact) mass is 405 g/mol. The third-order valence-corrected chi connectivity index (χ3v) is 5.85. The average molecular weight is 405 g/mol. The van der Waals surface area contributed by atoms with Crippen molar-refractivity contribution in [2.75, 3.05) is 20.8 Å². The number of benzene rings is 1. The number of hydrogen-bond acceptors (Lipinski definition) is 4. The Hall–Kier alpha value is -3.28. The Morgan fingerprint density at radius 3 is 2.63 bits per heavy atom. The fraction of sp³-hybridized carbons (Fsp3) is 0.333. The number of rotatable bonds is 5. The maximum atomic E-state index is 13.6. The molecule has 1 unspecified atom stereocenters. The van der Waals surface area contributed by atoms with Gasteiger partial charge in [0.05, 0.1) is 25.8 Å². The summed E-state index contributed by atoms with van der Waals surface area (Å²) in [5, 5.41) is 0. The standard InChI is InChI=1S/C24H27N3O3/c1-16-14-20(17(2)27(16)23-9-5-6-12-25-23)24(28)26-13-7-8-21(26)19-11-10-18(29-3)15-22(19)30-4/h5-6,9-12,14-15,21H,7-8,13H2,1-4H3. The van der Waals surface area contributed by atoms with Gasteiger partial charge in [0, 0.05) is 35.8 Å². The second-order valence-corrected chi connectivity index (χ2v) is 7.57. The molecule has 4 rings (SSSR count). The molecule has 2 aromatic heterocycles. The van der Waals surface area contributed by atoms with Crippen LogP contribution in [0.15, 0.2) is 48.7 Å². The summed E-state index contributed by atoms with van der Waals surface area (Å²) in [4.78, 5) is 20.0. The first-order valence-corrected chi connectivity index (χ1v) is 10.2. The van der Waals surface area contributed by atoms with Gasteiger partial charge in [-0.15, -0.1) is 0 Å². The predicted octanol–water partition coefficient (Wildman–Crippen LogP) is 4.48. The van der Waals surface area contributed by atoms with E-state index in [2.05, 4.69) is 4.98 Å². The topological polar surface area (TPSA) is 56.6 Å². The summed E-state index contributed by atoms with van der Waals surface area (Å²) in [5.74, 6) is 2.36. The van der Waals surface area contributed by atoms with Gasteiger partial charge in [0.2, 0.25) is 0 Å². The van der Waals surface area contributed by atoms with Crippen molar-refractivity contribution < 1.29 is 14.3 Å². The van der Waals surface area contributed by atoms with E-state index in [0.29, 0.717) is 0 Å². The van der Waals surface area contributed by atoms with Crippen LogP contribution >= 0.6 is 0 Å². The lowest BCUT2D eigenvalue weighted by Gasteiger charge is -2.26. The van der Waals surface area contributed by atoms with Crippen molar-refractivity contribution in [3.05, 3.63) is 71.2 Å².